The van der Waals surface area contributed by atoms with Crippen molar-refractivity contribution in [3.8, 4) is 6.07 Å². The van der Waals surface area contributed by atoms with E-state index in [-0.39, 0.29) is 0 Å². The zero-order valence-electron chi connectivity index (χ0n) is 9.11. The summed E-state index contributed by atoms with van der Waals surface area (Å²) in [4.78, 5) is 4.08. The molecule has 0 fully saturated rings. The number of aromatic nitrogens is 1. The Morgan fingerprint density at radius 1 is 1.22 bits per heavy atom. The Balaban J connectivity index is 2.32. The number of pyridine rings is 1. The lowest BCUT2D eigenvalue weighted by Crippen LogP contribution is -1.96. The quantitative estimate of drug-likeness (QED) is 0.824. The van der Waals surface area contributed by atoms with Crippen LogP contribution in [0.1, 0.15) is 5.69 Å². The second kappa shape index (κ2) is 5.13. The summed E-state index contributed by atoms with van der Waals surface area (Å²) < 4.78 is 0. The molecule has 4 nitrogen and oxygen atoms in total. The van der Waals surface area contributed by atoms with E-state index < -0.39 is 0 Å². The van der Waals surface area contributed by atoms with E-state index in [0.29, 0.717) is 32.9 Å². The Morgan fingerprint density at radius 3 is 2.50 bits per heavy atom. The second-order valence-corrected chi connectivity index (χ2v) is 4.31. The number of nitrogens with zero attached hydrogens (tertiary/aromatic N) is 2. The van der Waals surface area contributed by atoms with Crippen LogP contribution in [0, 0.1) is 11.3 Å². The Kier molecular flexibility index (Phi) is 3.56. The number of nitrogen functional groups attached to an aromatic ring is 1. The summed E-state index contributed by atoms with van der Waals surface area (Å²) in [5, 5.41) is 12.5. The second-order valence-electron chi connectivity index (χ2n) is 3.50. The van der Waals surface area contributed by atoms with Crippen LogP contribution in [0.2, 0.25) is 10.0 Å². The van der Waals surface area contributed by atoms with Gasteiger partial charge in [-0.3, -0.25) is 0 Å². The first-order valence-corrected chi connectivity index (χ1v) is 5.74. The zero-order chi connectivity index (χ0) is 13.1. The average Bonchev–Trinajstić information content (AvgIpc) is 2.36. The maximum Gasteiger partial charge on any atom is 0.142 e. The van der Waals surface area contributed by atoms with Gasteiger partial charge in [-0.1, -0.05) is 29.3 Å². The molecular weight excluding hydrogens is 271 g/mol. The molecule has 0 saturated carbocycles. The molecule has 0 spiro atoms. The summed E-state index contributed by atoms with van der Waals surface area (Å²) in [6.45, 7) is 0. The van der Waals surface area contributed by atoms with Gasteiger partial charge in [0.25, 0.3) is 0 Å². The Bertz CT molecular complexity index is 611. The zero-order valence-corrected chi connectivity index (χ0v) is 10.6. The molecule has 6 heteroatoms. The number of halogens is 2. The first-order chi connectivity index (χ1) is 8.60. The van der Waals surface area contributed by atoms with Crippen molar-refractivity contribution in [2.24, 2.45) is 0 Å². The highest BCUT2D eigenvalue weighted by atomic mass is 35.5. The number of anilines is 3. The average molecular weight is 279 g/mol. The van der Waals surface area contributed by atoms with Gasteiger partial charge in [0.1, 0.15) is 17.6 Å². The molecule has 0 radical (unpaired) electrons. The molecule has 1 aromatic carbocycles. The van der Waals surface area contributed by atoms with Crippen molar-refractivity contribution in [3.05, 3.63) is 46.1 Å². The van der Waals surface area contributed by atoms with E-state index in [1.807, 2.05) is 6.07 Å². The van der Waals surface area contributed by atoms with Gasteiger partial charge in [-0.25, -0.2) is 4.98 Å². The number of rotatable bonds is 2. The van der Waals surface area contributed by atoms with Crippen molar-refractivity contribution < 1.29 is 0 Å². The fraction of sp³-hybridized carbons (Fsp3) is 0. The molecule has 2 rings (SSSR count). The van der Waals surface area contributed by atoms with Crippen LogP contribution in [0.3, 0.4) is 0 Å². The summed E-state index contributed by atoms with van der Waals surface area (Å²) in [5.74, 6) is 0.533. The number of benzene rings is 1. The van der Waals surface area contributed by atoms with Gasteiger partial charge in [-0.05, 0) is 24.3 Å². The minimum Gasteiger partial charge on any atom is -0.396 e. The third kappa shape index (κ3) is 2.65. The minimum atomic E-state index is 0.327. The SMILES string of the molecule is N#Cc1cccc(Nc2cc(Cl)c(N)c(Cl)c2)n1. The van der Waals surface area contributed by atoms with E-state index in [1.165, 1.54) is 0 Å². The molecule has 0 saturated heterocycles. The third-order valence-corrected chi connectivity index (χ3v) is 2.84. The van der Waals surface area contributed by atoms with Gasteiger partial charge in [-0.2, -0.15) is 5.26 Å². The molecule has 0 bridgehead atoms. The standard InChI is InChI=1S/C12H8Cl2N4/c13-9-4-8(5-10(14)12(9)16)18-11-3-1-2-7(6-15)17-11/h1-5H,16H2,(H,17,18). The van der Waals surface area contributed by atoms with Crippen LogP contribution in [0.5, 0.6) is 0 Å². The normalized spacial score (nSPS) is 9.83. The molecule has 0 atom stereocenters. The topological polar surface area (TPSA) is 74.7 Å². The van der Waals surface area contributed by atoms with Gasteiger partial charge in [0, 0.05) is 5.69 Å². The first-order valence-electron chi connectivity index (χ1n) is 4.99. The molecule has 18 heavy (non-hydrogen) atoms. The van der Waals surface area contributed by atoms with Gasteiger partial charge in [0.15, 0.2) is 0 Å². The van der Waals surface area contributed by atoms with Crippen LogP contribution in [-0.4, -0.2) is 4.98 Å². The van der Waals surface area contributed by atoms with Gasteiger partial charge in [0.05, 0.1) is 15.7 Å². The summed E-state index contributed by atoms with van der Waals surface area (Å²) in [7, 11) is 0. The highest BCUT2D eigenvalue weighted by Crippen LogP contribution is 2.32. The lowest BCUT2D eigenvalue weighted by atomic mass is 10.2. The summed E-state index contributed by atoms with van der Waals surface area (Å²) in [6, 6.07) is 10.3. The Hall–Kier alpha value is -1.96. The van der Waals surface area contributed by atoms with E-state index in [4.69, 9.17) is 34.2 Å². The molecule has 0 unspecified atom stereocenters. The van der Waals surface area contributed by atoms with E-state index in [9.17, 15) is 0 Å². The van der Waals surface area contributed by atoms with E-state index in [0.717, 1.165) is 0 Å². The molecule has 0 aliphatic heterocycles. The summed E-state index contributed by atoms with van der Waals surface area (Å²) in [5.41, 5.74) is 6.96. The monoisotopic (exact) mass is 278 g/mol. The molecule has 1 aromatic heterocycles. The Morgan fingerprint density at radius 2 is 1.89 bits per heavy atom. The first kappa shape index (κ1) is 12.5. The fourth-order valence-corrected chi connectivity index (χ4v) is 1.86. The molecule has 2 aromatic rings. The molecule has 0 aliphatic carbocycles. The molecule has 1 heterocycles. The van der Waals surface area contributed by atoms with Gasteiger partial charge < -0.3 is 11.1 Å². The van der Waals surface area contributed by atoms with Crippen molar-refractivity contribution in [3.63, 3.8) is 0 Å². The fourth-order valence-electron chi connectivity index (χ4n) is 1.37. The number of nitriles is 1. The largest absolute Gasteiger partial charge is 0.396 e. The number of hydrogen-bond donors (Lipinski definition) is 2. The number of hydrogen-bond acceptors (Lipinski definition) is 4. The van der Waals surface area contributed by atoms with Crippen molar-refractivity contribution in [2.45, 2.75) is 0 Å². The van der Waals surface area contributed by atoms with Gasteiger partial charge in [-0.15, -0.1) is 0 Å². The van der Waals surface area contributed by atoms with Gasteiger partial charge >= 0.3 is 0 Å². The van der Waals surface area contributed by atoms with E-state index in [1.54, 1.807) is 30.3 Å². The van der Waals surface area contributed by atoms with Crippen molar-refractivity contribution >= 4 is 40.4 Å². The highest BCUT2D eigenvalue weighted by molar-refractivity contribution is 6.39. The van der Waals surface area contributed by atoms with Crippen LogP contribution in [0.15, 0.2) is 30.3 Å². The lowest BCUT2D eigenvalue weighted by Gasteiger charge is -2.08. The van der Waals surface area contributed by atoms with Crippen molar-refractivity contribution in [1.82, 2.24) is 4.98 Å². The maximum atomic E-state index is 8.75. The van der Waals surface area contributed by atoms with Crippen molar-refractivity contribution in [1.29, 1.82) is 5.26 Å². The maximum absolute atomic E-state index is 8.75. The molecule has 0 amide bonds. The predicted molar refractivity (Wildman–Crippen MR) is 73.1 cm³/mol. The van der Waals surface area contributed by atoms with Crippen LogP contribution >= 0.6 is 23.2 Å². The summed E-state index contributed by atoms with van der Waals surface area (Å²) in [6.07, 6.45) is 0. The smallest absolute Gasteiger partial charge is 0.142 e. The summed E-state index contributed by atoms with van der Waals surface area (Å²) >= 11 is 11.8. The van der Waals surface area contributed by atoms with Gasteiger partial charge in [0.2, 0.25) is 0 Å². The van der Waals surface area contributed by atoms with Crippen LogP contribution in [-0.2, 0) is 0 Å². The lowest BCUT2D eigenvalue weighted by molar-refractivity contribution is 1.25. The highest BCUT2D eigenvalue weighted by Gasteiger charge is 2.05. The van der Waals surface area contributed by atoms with Crippen molar-refractivity contribution in [2.75, 3.05) is 11.1 Å². The molecular formula is C12H8Cl2N4. The van der Waals surface area contributed by atoms with E-state index >= 15 is 0 Å². The van der Waals surface area contributed by atoms with E-state index in [2.05, 4.69) is 10.3 Å². The number of nitrogens with one attached hydrogen (secondary N) is 1. The molecule has 3 N–H and O–H groups in total. The van der Waals surface area contributed by atoms with Crippen LogP contribution < -0.4 is 11.1 Å². The minimum absolute atomic E-state index is 0.327. The third-order valence-electron chi connectivity index (χ3n) is 2.22. The molecule has 0 aliphatic rings. The molecule has 90 valence electrons. The van der Waals surface area contributed by atoms with Crippen LogP contribution in [0.25, 0.3) is 0 Å². The predicted octanol–water partition coefficient (Wildman–Crippen LogP) is 3.59. The van der Waals surface area contributed by atoms with Crippen LogP contribution in [0.4, 0.5) is 17.2 Å². The Labute approximate surface area is 114 Å². The number of nitrogens with two attached hydrogens (primary N) is 1.